The first-order valence-corrected chi connectivity index (χ1v) is 7.13. The van der Waals surface area contributed by atoms with Crippen molar-refractivity contribution in [3.8, 4) is 0 Å². The van der Waals surface area contributed by atoms with Crippen LogP contribution in [-0.4, -0.2) is 45.6 Å². The van der Waals surface area contributed by atoms with E-state index in [0.717, 1.165) is 24.3 Å². The summed E-state index contributed by atoms with van der Waals surface area (Å²) in [5, 5.41) is 2.44. The lowest BCUT2D eigenvalue weighted by atomic mass is 9.82. The van der Waals surface area contributed by atoms with Crippen LogP contribution in [0.5, 0.6) is 0 Å². The Hall–Kier alpha value is -1.47. The number of rotatable bonds is 4. The zero-order valence-electron chi connectivity index (χ0n) is 12.9. The van der Waals surface area contributed by atoms with Crippen molar-refractivity contribution >= 4 is 18.3 Å². The van der Waals surface area contributed by atoms with E-state index in [9.17, 15) is 14.4 Å². The van der Waals surface area contributed by atoms with Crippen LogP contribution in [0.3, 0.4) is 0 Å². The van der Waals surface area contributed by atoms with Gasteiger partial charge in [-0.25, -0.2) is 0 Å². The van der Waals surface area contributed by atoms with E-state index in [1.807, 2.05) is 27.7 Å². The second kappa shape index (κ2) is 5.38. The molecule has 0 saturated carbocycles. The maximum Gasteiger partial charge on any atom is 0.296 e. The molecule has 2 amide bonds. The normalized spacial score (nSPS) is 28.8. The Labute approximate surface area is 124 Å². The molecule has 1 unspecified atom stereocenters. The largest absolute Gasteiger partial charge is 0.454 e. The maximum atomic E-state index is 12.1. The molecule has 0 aromatic rings. The minimum atomic E-state index is -1.08. The highest BCUT2D eigenvalue weighted by molar-refractivity contribution is 6.04. The first-order valence-electron chi connectivity index (χ1n) is 7.13. The van der Waals surface area contributed by atoms with Gasteiger partial charge in [-0.2, -0.15) is 10.0 Å². The molecule has 7 heteroatoms. The number of nitrogens with zero attached hydrogens (tertiary/aromatic N) is 2. The third-order valence-electron chi connectivity index (χ3n) is 4.12. The van der Waals surface area contributed by atoms with Gasteiger partial charge in [0.25, 0.3) is 18.3 Å². The lowest BCUT2D eigenvalue weighted by Crippen LogP contribution is -2.60. The number of hydrogen-bond donors (Lipinski definition) is 0. The molecule has 2 rings (SSSR count). The van der Waals surface area contributed by atoms with Crippen molar-refractivity contribution in [3.05, 3.63) is 0 Å². The Morgan fingerprint density at radius 1 is 1.14 bits per heavy atom. The van der Waals surface area contributed by atoms with Crippen molar-refractivity contribution in [3.63, 3.8) is 0 Å². The van der Waals surface area contributed by atoms with Crippen LogP contribution in [0.25, 0.3) is 0 Å². The summed E-state index contributed by atoms with van der Waals surface area (Å²) >= 11 is 0. The maximum absolute atomic E-state index is 12.1. The molecule has 0 N–H and O–H groups in total. The van der Waals surface area contributed by atoms with Crippen LogP contribution in [0.4, 0.5) is 0 Å². The van der Waals surface area contributed by atoms with E-state index in [0.29, 0.717) is 0 Å². The highest BCUT2D eigenvalue weighted by atomic mass is 16.9. The minimum absolute atomic E-state index is 0.174. The number of carbonyl (C=O) groups excluding carboxylic acids is 3. The van der Waals surface area contributed by atoms with Crippen molar-refractivity contribution in [1.82, 2.24) is 10.1 Å². The SMILES string of the molecule is CC1(C)CCCC(C)(C)N1ON1C(=O)CC(OC=O)C1=O. The van der Waals surface area contributed by atoms with Crippen LogP contribution < -0.4 is 0 Å². The summed E-state index contributed by atoms with van der Waals surface area (Å²) in [6.45, 7) is 8.22. The number of hydrogen-bond acceptors (Lipinski definition) is 6. The lowest BCUT2D eigenvalue weighted by molar-refractivity contribution is -0.365. The summed E-state index contributed by atoms with van der Waals surface area (Å²) < 4.78 is 4.62. The summed E-state index contributed by atoms with van der Waals surface area (Å²) in [6.07, 6.45) is 1.61. The molecule has 2 saturated heterocycles. The molecule has 2 fully saturated rings. The minimum Gasteiger partial charge on any atom is -0.454 e. The van der Waals surface area contributed by atoms with Crippen molar-refractivity contribution in [2.45, 2.75) is 70.6 Å². The fourth-order valence-corrected chi connectivity index (χ4v) is 3.12. The number of ether oxygens (including phenoxy) is 1. The van der Waals surface area contributed by atoms with E-state index in [2.05, 4.69) is 4.74 Å². The molecule has 2 heterocycles. The third-order valence-corrected chi connectivity index (χ3v) is 4.12. The van der Waals surface area contributed by atoms with Crippen LogP contribution >= 0.6 is 0 Å². The number of hydroxylamine groups is 4. The number of piperidine rings is 1. The van der Waals surface area contributed by atoms with E-state index in [1.54, 1.807) is 5.06 Å². The summed E-state index contributed by atoms with van der Waals surface area (Å²) in [5.74, 6) is -1.13. The van der Waals surface area contributed by atoms with Gasteiger partial charge in [0.2, 0.25) is 0 Å². The zero-order valence-corrected chi connectivity index (χ0v) is 12.9. The lowest BCUT2D eigenvalue weighted by Gasteiger charge is -2.51. The molecule has 7 nitrogen and oxygen atoms in total. The van der Waals surface area contributed by atoms with Crippen molar-refractivity contribution in [1.29, 1.82) is 0 Å². The topological polar surface area (TPSA) is 76.2 Å². The predicted molar refractivity (Wildman–Crippen MR) is 72.3 cm³/mol. The van der Waals surface area contributed by atoms with Gasteiger partial charge in [0.1, 0.15) is 0 Å². The number of carbonyl (C=O) groups is 3. The molecule has 0 aromatic carbocycles. The second-order valence-corrected chi connectivity index (χ2v) is 6.81. The second-order valence-electron chi connectivity index (χ2n) is 6.81. The molecule has 0 aromatic heterocycles. The molecule has 0 bridgehead atoms. The number of imide groups is 1. The van der Waals surface area contributed by atoms with Crippen LogP contribution in [0.1, 0.15) is 53.4 Å². The van der Waals surface area contributed by atoms with E-state index in [1.165, 1.54) is 0 Å². The van der Waals surface area contributed by atoms with Crippen LogP contribution in [0.2, 0.25) is 0 Å². The Bertz CT molecular complexity index is 444. The fraction of sp³-hybridized carbons (Fsp3) is 0.786. The van der Waals surface area contributed by atoms with Gasteiger partial charge < -0.3 is 4.74 Å². The van der Waals surface area contributed by atoms with Gasteiger partial charge in [-0.05, 0) is 47.0 Å². The third kappa shape index (κ3) is 2.94. The average molecular weight is 298 g/mol. The van der Waals surface area contributed by atoms with E-state index in [4.69, 9.17) is 4.94 Å². The van der Waals surface area contributed by atoms with E-state index in [-0.39, 0.29) is 24.0 Å². The smallest absolute Gasteiger partial charge is 0.296 e. The van der Waals surface area contributed by atoms with Gasteiger partial charge in [-0.1, -0.05) is 0 Å². The molecular weight excluding hydrogens is 276 g/mol. The molecule has 2 aliphatic rings. The average Bonchev–Trinajstić information content (AvgIpc) is 2.60. The van der Waals surface area contributed by atoms with Gasteiger partial charge in [0, 0.05) is 11.1 Å². The zero-order chi connectivity index (χ0) is 15.8. The molecular formula is C14H22N2O5. The Morgan fingerprint density at radius 3 is 2.24 bits per heavy atom. The predicted octanol–water partition coefficient (Wildman–Crippen LogP) is 1.18. The number of amides is 2. The monoisotopic (exact) mass is 298 g/mol. The first kappa shape index (κ1) is 15.9. The molecule has 0 spiro atoms. The summed E-state index contributed by atoms with van der Waals surface area (Å²) in [4.78, 5) is 40.0. The molecule has 118 valence electrons. The molecule has 0 radical (unpaired) electrons. The Kier molecular flexibility index (Phi) is 4.08. The van der Waals surface area contributed by atoms with E-state index < -0.39 is 17.9 Å². The van der Waals surface area contributed by atoms with E-state index >= 15 is 0 Å². The van der Waals surface area contributed by atoms with Crippen molar-refractivity contribution < 1.29 is 24.1 Å². The quantitative estimate of drug-likeness (QED) is 0.573. The van der Waals surface area contributed by atoms with Gasteiger partial charge in [-0.3, -0.25) is 14.4 Å². The fourth-order valence-electron chi connectivity index (χ4n) is 3.12. The Morgan fingerprint density at radius 2 is 1.71 bits per heavy atom. The summed E-state index contributed by atoms with van der Waals surface area (Å²) in [7, 11) is 0. The highest BCUT2D eigenvalue weighted by Crippen LogP contribution is 2.39. The van der Waals surface area contributed by atoms with Crippen LogP contribution in [0, 0.1) is 0 Å². The van der Waals surface area contributed by atoms with Gasteiger partial charge >= 0.3 is 0 Å². The highest BCUT2D eigenvalue weighted by Gasteiger charge is 2.49. The van der Waals surface area contributed by atoms with Gasteiger partial charge in [0.05, 0.1) is 6.42 Å². The molecule has 2 aliphatic heterocycles. The summed E-state index contributed by atoms with van der Waals surface area (Å²) in [6, 6.07) is 0. The Balaban J connectivity index is 2.17. The van der Waals surface area contributed by atoms with Crippen LogP contribution in [0.15, 0.2) is 0 Å². The molecule has 21 heavy (non-hydrogen) atoms. The van der Waals surface area contributed by atoms with Crippen molar-refractivity contribution in [2.75, 3.05) is 0 Å². The molecule has 1 atom stereocenters. The first-order chi connectivity index (χ1) is 9.69. The summed E-state index contributed by atoms with van der Waals surface area (Å²) in [5.41, 5.74) is -0.599. The van der Waals surface area contributed by atoms with Gasteiger partial charge in [-0.15, -0.1) is 5.06 Å². The standard InChI is InChI=1S/C14H22N2O5/c1-13(2)6-5-7-14(3,4)16(13)21-15-11(18)8-10(12(15)19)20-9-17/h9-10H,5-8H2,1-4H3. The van der Waals surface area contributed by atoms with Gasteiger partial charge in [0.15, 0.2) is 6.10 Å². The van der Waals surface area contributed by atoms with Crippen molar-refractivity contribution in [2.24, 2.45) is 0 Å². The van der Waals surface area contributed by atoms with Crippen LogP contribution in [-0.2, 0) is 24.1 Å². The molecule has 0 aliphatic carbocycles.